The number of hydrogen-bond donors (Lipinski definition) is 2. The van der Waals surface area contributed by atoms with Crippen LogP contribution in [0.1, 0.15) is 31.5 Å². The molecule has 0 saturated heterocycles. The van der Waals surface area contributed by atoms with Crippen LogP contribution in [0.2, 0.25) is 0 Å². The Morgan fingerprint density at radius 3 is 2.75 bits per heavy atom. The van der Waals surface area contributed by atoms with Crippen LogP contribution in [-0.4, -0.2) is 24.0 Å². The molecular formula is C11H19N3OS. The van der Waals surface area contributed by atoms with Crippen LogP contribution >= 0.6 is 11.3 Å². The van der Waals surface area contributed by atoms with Gasteiger partial charge in [-0.15, -0.1) is 11.3 Å². The number of aromatic nitrogens is 1. The number of amides is 1. The SMILES string of the molecule is CC(C)(C)c1csc(CCNC(=O)CN)n1. The summed E-state index contributed by atoms with van der Waals surface area (Å²) in [7, 11) is 0. The third-order valence-electron chi connectivity index (χ3n) is 2.17. The molecule has 0 aliphatic carbocycles. The first-order chi connectivity index (χ1) is 7.43. The molecule has 0 fully saturated rings. The Hall–Kier alpha value is -0.940. The van der Waals surface area contributed by atoms with E-state index in [9.17, 15) is 4.79 Å². The normalized spacial score (nSPS) is 11.5. The maximum Gasteiger partial charge on any atom is 0.233 e. The van der Waals surface area contributed by atoms with Crippen molar-refractivity contribution in [2.24, 2.45) is 5.73 Å². The van der Waals surface area contributed by atoms with Crippen LogP contribution in [0.5, 0.6) is 0 Å². The van der Waals surface area contributed by atoms with Crippen molar-refractivity contribution in [1.29, 1.82) is 0 Å². The Kier molecular flexibility index (Phi) is 4.44. The monoisotopic (exact) mass is 241 g/mol. The van der Waals surface area contributed by atoms with Crippen LogP contribution in [0, 0.1) is 0 Å². The molecule has 16 heavy (non-hydrogen) atoms. The highest BCUT2D eigenvalue weighted by Crippen LogP contribution is 2.23. The number of nitrogens with one attached hydrogen (secondary N) is 1. The average molecular weight is 241 g/mol. The van der Waals surface area contributed by atoms with Crippen LogP contribution in [-0.2, 0) is 16.6 Å². The largest absolute Gasteiger partial charge is 0.355 e. The number of carbonyl (C=O) groups is 1. The molecule has 1 heterocycles. The van der Waals surface area contributed by atoms with E-state index in [1.807, 2.05) is 0 Å². The van der Waals surface area contributed by atoms with Crippen molar-refractivity contribution in [3.8, 4) is 0 Å². The van der Waals surface area contributed by atoms with Gasteiger partial charge in [0.05, 0.1) is 17.2 Å². The Bertz CT molecular complexity index is 354. The van der Waals surface area contributed by atoms with Crippen molar-refractivity contribution in [2.75, 3.05) is 13.1 Å². The predicted molar refractivity (Wildman–Crippen MR) is 66.6 cm³/mol. The van der Waals surface area contributed by atoms with E-state index in [1.54, 1.807) is 11.3 Å². The molecule has 0 radical (unpaired) electrons. The number of nitrogens with zero attached hydrogens (tertiary/aromatic N) is 1. The number of hydrogen-bond acceptors (Lipinski definition) is 4. The van der Waals surface area contributed by atoms with E-state index >= 15 is 0 Å². The molecule has 1 aromatic heterocycles. The second-order valence-electron chi connectivity index (χ2n) is 4.68. The van der Waals surface area contributed by atoms with Gasteiger partial charge >= 0.3 is 0 Å². The van der Waals surface area contributed by atoms with Crippen molar-refractivity contribution in [2.45, 2.75) is 32.6 Å². The minimum absolute atomic E-state index is 0.0467. The maximum atomic E-state index is 10.9. The highest BCUT2D eigenvalue weighted by molar-refractivity contribution is 7.09. The zero-order valence-electron chi connectivity index (χ0n) is 10.0. The Morgan fingerprint density at radius 2 is 2.25 bits per heavy atom. The predicted octanol–water partition coefficient (Wildman–Crippen LogP) is 1.06. The summed E-state index contributed by atoms with van der Waals surface area (Å²) in [6.07, 6.45) is 0.770. The standard InChI is InChI=1S/C11H19N3OS/c1-11(2,3)8-7-16-10(14-8)4-5-13-9(15)6-12/h7H,4-6,12H2,1-3H3,(H,13,15). The summed E-state index contributed by atoms with van der Waals surface area (Å²) in [6, 6.07) is 0. The Labute approximate surface area is 100 Å². The van der Waals surface area contributed by atoms with Crippen LogP contribution in [0.25, 0.3) is 0 Å². The van der Waals surface area contributed by atoms with Crippen molar-refractivity contribution in [3.63, 3.8) is 0 Å². The van der Waals surface area contributed by atoms with Gasteiger partial charge in [-0.05, 0) is 0 Å². The van der Waals surface area contributed by atoms with E-state index in [-0.39, 0.29) is 17.9 Å². The van der Waals surface area contributed by atoms with E-state index in [2.05, 4.69) is 36.5 Å². The average Bonchev–Trinajstić information content (AvgIpc) is 2.65. The first-order valence-electron chi connectivity index (χ1n) is 5.35. The summed E-state index contributed by atoms with van der Waals surface area (Å²) in [5, 5.41) is 5.87. The zero-order chi connectivity index (χ0) is 12.2. The lowest BCUT2D eigenvalue weighted by atomic mass is 9.93. The molecule has 0 aliphatic rings. The van der Waals surface area contributed by atoms with Crippen LogP contribution in [0.15, 0.2) is 5.38 Å². The number of nitrogens with two attached hydrogens (primary N) is 1. The van der Waals surface area contributed by atoms with Crippen molar-refractivity contribution < 1.29 is 4.79 Å². The summed E-state index contributed by atoms with van der Waals surface area (Å²) in [4.78, 5) is 15.5. The summed E-state index contributed by atoms with van der Waals surface area (Å²) >= 11 is 1.64. The van der Waals surface area contributed by atoms with Gasteiger partial charge in [-0.1, -0.05) is 20.8 Å². The van der Waals surface area contributed by atoms with Gasteiger partial charge in [0.2, 0.25) is 5.91 Å². The van der Waals surface area contributed by atoms with E-state index in [0.717, 1.165) is 17.1 Å². The molecule has 4 nitrogen and oxygen atoms in total. The molecule has 0 aromatic carbocycles. The fourth-order valence-corrected chi connectivity index (χ4v) is 2.18. The molecule has 0 aliphatic heterocycles. The van der Waals surface area contributed by atoms with Crippen LogP contribution in [0.4, 0.5) is 0 Å². The smallest absolute Gasteiger partial charge is 0.233 e. The fourth-order valence-electron chi connectivity index (χ4n) is 1.15. The molecule has 5 heteroatoms. The number of carbonyl (C=O) groups excluding carboxylic acids is 1. The third-order valence-corrected chi connectivity index (χ3v) is 3.08. The van der Waals surface area contributed by atoms with Gasteiger partial charge < -0.3 is 11.1 Å². The van der Waals surface area contributed by atoms with Gasteiger partial charge in [-0.3, -0.25) is 4.79 Å². The van der Waals surface area contributed by atoms with Gasteiger partial charge in [0, 0.05) is 23.8 Å². The lowest BCUT2D eigenvalue weighted by Crippen LogP contribution is -2.31. The van der Waals surface area contributed by atoms with E-state index in [0.29, 0.717) is 6.54 Å². The molecule has 3 N–H and O–H groups in total. The summed E-state index contributed by atoms with van der Waals surface area (Å²) < 4.78 is 0. The van der Waals surface area contributed by atoms with Crippen LogP contribution < -0.4 is 11.1 Å². The lowest BCUT2D eigenvalue weighted by molar-refractivity contribution is -0.119. The molecule has 0 saturated carbocycles. The van der Waals surface area contributed by atoms with E-state index < -0.39 is 0 Å². The fraction of sp³-hybridized carbons (Fsp3) is 0.636. The van der Waals surface area contributed by atoms with Crippen LogP contribution in [0.3, 0.4) is 0 Å². The van der Waals surface area contributed by atoms with Gasteiger partial charge in [-0.2, -0.15) is 0 Å². The van der Waals surface area contributed by atoms with Crippen molar-refractivity contribution >= 4 is 17.2 Å². The number of rotatable bonds is 4. The molecule has 0 atom stereocenters. The van der Waals surface area contributed by atoms with Gasteiger partial charge in [0.15, 0.2) is 0 Å². The summed E-state index contributed by atoms with van der Waals surface area (Å²) in [5.41, 5.74) is 6.39. The van der Waals surface area contributed by atoms with Gasteiger partial charge in [-0.25, -0.2) is 4.98 Å². The highest BCUT2D eigenvalue weighted by Gasteiger charge is 2.17. The molecule has 0 spiro atoms. The van der Waals surface area contributed by atoms with E-state index in [4.69, 9.17) is 5.73 Å². The van der Waals surface area contributed by atoms with Gasteiger partial charge in [0.25, 0.3) is 0 Å². The number of thiazole rings is 1. The molecular weight excluding hydrogens is 222 g/mol. The molecule has 1 amide bonds. The summed E-state index contributed by atoms with van der Waals surface area (Å²) in [6.45, 7) is 7.07. The van der Waals surface area contributed by atoms with Crippen molar-refractivity contribution in [3.05, 3.63) is 16.1 Å². The lowest BCUT2D eigenvalue weighted by Gasteiger charge is -2.14. The highest BCUT2D eigenvalue weighted by atomic mass is 32.1. The van der Waals surface area contributed by atoms with Crippen molar-refractivity contribution in [1.82, 2.24) is 10.3 Å². The minimum Gasteiger partial charge on any atom is -0.355 e. The quantitative estimate of drug-likeness (QED) is 0.828. The second-order valence-corrected chi connectivity index (χ2v) is 5.62. The molecule has 1 aromatic rings. The molecule has 0 unspecified atom stereocenters. The summed E-state index contributed by atoms with van der Waals surface area (Å²) in [5.74, 6) is -0.118. The molecule has 90 valence electrons. The molecule has 1 rings (SSSR count). The van der Waals surface area contributed by atoms with Gasteiger partial charge in [0.1, 0.15) is 0 Å². The second kappa shape index (κ2) is 5.41. The zero-order valence-corrected chi connectivity index (χ0v) is 10.9. The maximum absolute atomic E-state index is 10.9. The molecule has 0 bridgehead atoms. The topological polar surface area (TPSA) is 68.0 Å². The first-order valence-corrected chi connectivity index (χ1v) is 6.23. The third kappa shape index (κ3) is 3.90. The van der Waals surface area contributed by atoms with E-state index in [1.165, 1.54) is 0 Å². The Morgan fingerprint density at radius 1 is 1.56 bits per heavy atom. The first kappa shape index (κ1) is 13.1. The minimum atomic E-state index is -0.118. The Balaban J connectivity index is 2.44.